The predicted octanol–water partition coefficient (Wildman–Crippen LogP) is 3.19. The molecular formula is C15H15BrN2O4. The first-order valence-corrected chi connectivity index (χ1v) is 6.55. The van der Waals surface area contributed by atoms with Gasteiger partial charge in [0, 0.05) is 24.7 Å². The average molecular weight is 367 g/mol. The second-order valence-corrected chi connectivity index (χ2v) is 4.68. The van der Waals surface area contributed by atoms with Crippen molar-refractivity contribution in [3.05, 3.63) is 63.7 Å². The molecule has 0 fully saturated rings. The van der Waals surface area contributed by atoms with Crippen molar-refractivity contribution in [3.8, 4) is 11.5 Å². The molecule has 0 amide bonds. The Kier molecular flexibility index (Phi) is 5.35. The summed E-state index contributed by atoms with van der Waals surface area (Å²) in [6, 6.07) is 12.4. The second kappa shape index (κ2) is 7.24. The number of rotatable bonds is 5. The maximum Gasteiger partial charge on any atom is 0.273 e. The van der Waals surface area contributed by atoms with Crippen molar-refractivity contribution in [3.63, 3.8) is 0 Å². The zero-order valence-corrected chi connectivity index (χ0v) is 13.4. The number of halogens is 1. The first kappa shape index (κ1) is 16.3. The van der Waals surface area contributed by atoms with Crippen LogP contribution in [0.5, 0.6) is 11.5 Å². The van der Waals surface area contributed by atoms with E-state index in [4.69, 9.17) is 9.47 Å². The SMILES string of the molecule is Br.O=[N+]([O-])c1ccccc1CNCc1ccc2c(c1)OCO2. The molecule has 3 rings (SSSR count). The number of para-hydroxylation sites is 1. The van der Waals surface area contributed by atoms with Crippen LogP contribution in [-0.2, 0) is 13.1 Å². The molecule has 2 aromatic carbocycles. The molecule has 0 aliphatic carbocycles. The molecule has 0 radical (unpaired) electrons. The summed E-state index contributed by atoms with van der Waals surface area (Å²) in [6.07, 6.45) is 0. The number of fused-ring (bicyclic) bond motifs is 1. The molecule has 2 aromatic rings. The first-order valence-electron chi connectivity index (χ1n) is 6.55. The predicted molar refractivity (Wildman–Crippen MR) is 86.5 cm³/mol. The summed E-state index contributed by atoms with van der Waals surface area (Å²) in [4.78, 5) is 10.6. The van der Waals surface area contributed by atoms with Crippen LogP contribution in [0.3, 0.4) is 0 Å². The molecule has 1 heterocycles. The van der Waals surface area contributed by atoms with E-state index in [1.54, 1.807) is 18.2 Å². The third kappa shape index (κ3) is 3.55. The zero-order chi connectivity index (χ0) is 14.7. The highest BCUT2D eigenvalue weighted by Crippen LogP contribution is 2.32. The summed E-state index contributed by atoms with van der Waals surface area (Å²) in [5.41, 5.74) is 1.84. The molecule has 0 aromatic heterocycles. The van der Waals surface area contributed by atoms with E-state index in [9.17, 15) is 10.1 Å². The Hall–Kier alpha value is -2.12. The van der Waals surface area contributed by atoms with Crippen LogP contribution in [-0.4, -0.2) is 11.7 Å². The van der Waals surface area contributed by atoms with Crippen molar-refractivity contribution in [2.45, 2.75) is 13.1 Å². The third-order valence-electron chi connectivity index (χ3n) is 3.27. The van der Waals surface area contributed by atoms with Gasteiger partial charge in [-0.25, -0.2) is 0 Å². The lowest BCUT2D eigenvalue weighted by Gasteiger charge is -2.06. The molecular weight excluding hydrogens is 352 g/mol. The van der Waals surface area contributed by atoms with Crippen molar-refractivity contribution in [1.82, 2.24) is 5.32 Å². The number of benzene rings is 2. The highest BCUT2D eigenvalue weighted by molar-refractivity contribution is 8.93. The molecule has 22 heavy (non-hydrogen) atoms. The largest absolute Gasteiger partial charge is 0.454 e. The molecule has 1 aliphatic heterocycles. The molecule has 0 unspecified atom stereocenters. The number of hydrogen-bond acceptors (Lipinski definition) is 5. The number of hydrogen-bond donors (Lipinski definition) is 1. The number of nitrogens with one attached hydrogen (secondary N) is 1. The fourth-order valence-corrected chi connectivity index (χ4v) is 2.23. The van der Waals surface area contributed by atoms with Crippen molar-refractivity contribution in [2.24, 2.45) is 0 Å². The minimum absolute atomic E-state index is 0. The average Bonchev–Trinajstić information content (AvgIpc) is 2.95. The van der Waals surface area contributed by atoms with Gasteiger partial charge in [-0.3, -0.25) is 10.1 Å². The maximum atomic E-state index is 10.9. The maximum absolute atomic E-state index is 10.9. The standard InChI is InChI=1S/C15H14N2O4.BrH/c18-17(19)13-4-2-1-3-12(13)9-16-8-11-5-6-14-15(7-11)21-10-20-14;/h1-7,16H,8-10H2;1H. The number of nitrogens with zero attached hydrogens (tertiary/aromatic N) is 1. The Morgan fingerprint density at radius 1 is 1.09 bits per heavy atom. The van der Waals surface area contributed by atoms with Crippen molar-refractivity contribution < 1.29 is 14.4 Å². The number of nitro benzene ring substituents is 1. The summed E-state index contributed by atoms with van der Waals surface area (Å²) < 4.78 is 10.6. The number of nitro groups is 1. The van der Waals surface area contributed by atoms with Gasteiger partial charge in [0.2, 0.25) is 6.79 Å². The van der Waals surface area contributed by atoms with E-state index in [1.165, 1.54) is 6.07 Å². The van der Waals surface area contributed by atoms with Crippen LogP contribution >= 0.6 is 17.0 Å². The normalized spacial score (nSPS) is 11.8. The van der Waals surface area contributed by atoms with E-state index in [2.05, 4.69) is 5.32 Å². The van der Waals surface area contributed by atoms with Crippen molar-refractivity contribution >= 4 is 22.7 Å². The Morgan fingerprint density at radius 3 is 2.68 bits per heavy atom. The van der Waals surface area contributed by atoms with Gasteiger partial charge in [0.25, 0.3) is 5.69 Å². The van der Waals surface area contributed by atoms with E-state index in [0.29, 0.717) is 18.7 Å². The van der Waals surface area contributed by atoms with Crippen LogP contribution in [0.25, 0.3) is 0 Å². The van der Waals surface area contributed by atoms with Crippen LogP contribution in [0.1, 0.15) is 11.1 Å². The highest BCUT2D eigenvalue weighted by Gasteiger charge is 2.14. The summed E-state index contributed by atoms with van der Waals surface area (Å²) >= 11 is 0. The smallest absolute Gasteiger partial charge is 0.273 e. The molecule has 0 bridgehead atoms. The molecule has 0 atom stereocenters. The zero-order valence-electron chi connectivity index (χ0n) is 11.7. The molecule has 0 saturated heterocycles. The van der Waals surface area contributed by atoms with E-state index in [-0.39, 0.29) is 34.4 Å². The molecule has 0 spiro atoms. The van der Waals surface area contributed by atoms with E-state index in [1.807, 2.05) is 18.2 Å². The topological polar surface area (TPSA) is 73.6 Å². The quantitative estimate of drug-likeness (QED) is 0.649. The van der Waals surface area contributed by atoms with E-state index >= 15 is 0 Å². The Labute approximate surface area is 138 Å². The Bertz CT molecular complexity index is 678. The monoisotopic (exact) mass is 366 g/mol. The lowest BCUT2D eigenvalue weighted by molar-refractivity contribution is -0.385. The van der Waals surface area contributed by atoms with Gasteiger partial charge >= 0.3 is 0 Å². The van der Waals surface area contributed by atoms with Gasteiger partial charge < -0.3 is 14.8 Å². The Morgan fingerprint density at radius 2 is 1.86 bits per heavy atom. The van der Waals surface area contributed by atoms with Gasteiger partial charge in [-0.15, -0.1) is 17.0 Å². The van der Waals surface area contributed by atoms with Crippen LogP contribution < -0.4 is 14.8 Å². The summed E-state index contributed by atoms with van der Waals surface area (Å²) in [5, 5.41) is 14.1. The third-order valence-corrected chi connectivity index (χ3v) is 3.27. The molecule has 1 aliphatic rings. The summed E-state index contributed by atoms with van der Waals surface area (Å²) in [7, 11) is 0. The minimum Gasteiger partial charge on any atom is -0.454 e. The fraction of sp³-hybridized carbons (Fsp3) is 0.200. The molecule has 7 heteroatoms. The fourth-order valence-electron chi connectivity index (χ4n) is 2.23. The van der Waals surface area contributed by atoms with Gasteiger partial charge in [-0.1, -0.05) is 24.3 Å². The van der Waals surface area contributed by atoms with Crippen LogP contribution in [0.4, 0.5) is 5.69 Å². The van der Waals surface area contributed by atoms with Gasteiger partial charge in [0.15, 0.2) is 11.5 Å². The van der Waals surface area contributed by atoms with Gasteiger partial charge in [0.05, 0.1) is 4.92 Å². The highest BCUT2D eigenvalue weighted by atomic mass is 79.9. The Balaban J connectivity index is 0.00000176. The van der Waals surface area contributed by atoms with Crippen LogP contribution in [0, 0.1) is 10.1 Å². The molecule has 116 valence electrons. The van der Waals surface area contributed by atoms with Gasteiger partial charge in [-0.2, -0.15) is 0 Å². The van der Waals surface area contributed by atoms with Gasteiger partial charge in [-0.05, 0) is 17.7 Å². The van der Waals surface area contributed by atoms with E-state index in [0.717, 1.165) is 17.1 Å². The number of ether oxygens (including phenoxy) is 2. The lowest BCUT2D eigenvalue weighted by Crippen LogP contribution is -2.13. The van der Waals surface area contributed by atoms with Crippen LogP contribution in [0.15, 0.2) is 42.5 Å². The molecule has 0 saturated carbocycles. The lowest BCUT2D eigenvalue weighted by atomic mass is 10.1. The summed E-state index contributed by atoms with van der Waals surface area (Å²) in [6.45, 7) is 1.29. The minimum atomic E-state index is -0.364. The van der Waals surface area contributed by atoms with Crippen LogP contribution in [0.2, 0.25) is 0 Å². The summed E-state index contributed by atoms with van der Waals surface area (Å²) in [5.74, 6) is 1.48. The molecule has 1 N–H and O–H groups in total. The van der Waals surface area contributed by atoms with Crippen molar-refractivity contribution in [2.75, 3.05) is 6.79 Å². The first-order chi connectivity index (χ1) is 10.2. The van der Waals surface area contributed by atoms with Gasteiger partial charge in [0.1, 0.15) is 0 Å². The van der Waals surface area contributed by atoms with E-state index < -0.39 is 0 Å². The molecule has 6 nitrogen and oxygen atoms in total. The van der Waals surface area contributed by atoms with Crippen molar-refractivity contribution in [1.29, 1.82) is 0 Å². The second-order valence-electron chi connectivity index (χ2n) is 4.68.